The first-order chi connectivity index (χ1) is 8.66. The standard InChI is InChI=1S/C13H22N4O/c1-10-12(9-15-17(10)2)16-13(18)4-3-11-5-7-14-8-6-11/h9,11,14H,3-8H2,1-2H3,(H,16,18). The van der Waals surface area contributed by atoms with Gasteiger partial charge in [-0.05, 0) is 45.2 Å². The average molecular weight is 250 g/mol. The first-order valence-electron chi connectivity index (χ1n) is 6.66. The molecule has 0 aliphatic carbocycles. The summed E-state index contributed by atoms with van der Waals surface area (Å²) in [6.45, 7) is 4.14. The van der Waals surface area contributed by atoms with Gasteiger partial charge in [0.1, 0.15) is 0 Å². The fourth-order valence-electron chi connectivity index (χ4n) is 2.34. The molecule has 0 spiro atoms. The molecule has 1 aliphatic rings. The number of hydrogen-bond acceptors (Lipinski definition) is 3. The lowest BCUT2D eigenvalue weighted by Gasteiger charge is -2.22. The van der Waals surface area contributed by atoms with Crippen molar-refractivity contribution in [2.75, 3.05) is 18.4 Å². The number of piperidine rings is 1. The maximum Gasteiger partial charge on any atom is 0.224 e. The minimum Gasteiger partial charge on any atom is -0.323 e. The summed E-state index contributed by atoms with van der Waals surface area (Å²) in [6, 6.07) is 0. The van der Waals surface area contributed by atoms with Crippen LogP contribution in [0.15, 0.2) is 6.20 Å². The van der Waals surface area contributed by atoms with Crippen LogP contribution >= 0.6 is 0 Å². The maximum absolute atomic E-state index is 11.9. The normalized spacial score (nSPS) is 16.8. The molecule has 2 N–H and O–H groups in total. The monoisotopic (exact) mass is 250 g/mol. The molecule has 1 saturated heterocycles. The zero-order valence-corrected chi connectivity index (χ0v) is 11.2. The molecule has 0 atom stereocenters. The van der Waals surface area contributed by atoms with Crippen LogP contribution in [0.1, 0.15) is 31.4 Å². The number of nitrogens with zero attached hydrogens (tertiary/aromatic N) is 2. The molecule has 5 nitrogen and oxygen atoms in total. The third kappa shape index (κ3) is 3.32. The Morgan fingerprint density at radius 2 is 2.28 bits per heavy atom. The molecule has 100 valence electrons. The van der Waals surface area contributed by atoms with Gasteiger partial charge in [-0.15, -0.1) is 0 Å². The Kier molecular flexibility index (Phi) is 4.36. The Morgan fingerprint density at radius 3 is 2.89 bits per heavy atom. The van der Waals surface area contributed by atoms with E-state index in [-0.39, 0.29) is 5.91 Å². The first kappa shape index (κ1) is 13.1. The smallest absolute Gasteiger partial charge is 0.224 e. The van der Waals surface area contributed by atoms with Crippen LogP contribution in [-0.2, 0) is 11.8 Å². The van der Waals surface area contributed by atoms with Crippen LogP contribution in [0.25, 0.3) is 0 Å². The van der Waals surface area contributed by atoms with E-state index in [0.29, 0.717) is 12.3 Å². The van der Waals surface area contributed by atoms with Crippen LogP contribution < -0.4 is 10.6 Å². The fraction of sp³-hybridized carbons (Fsp3) is 0.692. The second kappa shape index (κ2) is 6.00. The van der Waals surface area contributed by atoms with Crippen molar-refractivity contribution in [2.24, 2.45) is 13.0 Å². The Labute approximate surface area is 108 Å². The third-order valence-electron chi connectivity index (χ3n) is 3.75. The van der Waals surface area contributed by atoms with Crippen molar-refractivity contribution in [2.45, 2.75) is 32.6 Å². The van der Waals surface area contributed by atoms with E-state index in [0.717, 1.165) is 30.9 Å². The van der Waals surface area contributed by atoms with Crippen LogP contribution in [-0.4, -0.2) is 28.8 Å². The molecule has 0 unspecified atom stereocenters. The van der Waals surface area contributed by atoms with Gasteiger partial charge in [0.15, 0.2) is 0 Å². The number of anilines is 1. The highest BCUT2D eigenvalue weighted by molar-refractivity contribution is 5.91. The van der Waals surface area contributed by atoms with Gasteiger partial charge in [0.05, 0.1) is 17.6 Å². The molecule has 1 aromatic rings. The van der Waals surface area contributed by atoms with E-state index in [1.807, 2.05) is 14.0 Å². The summed E-state index contributed by atoms with van der Waals surface area (Å²) in [5.41, 5.74) is 1.82. The summed E-state index contributed by atoms with van der Waals surface area (Å²) in [4.78, 5) is 11.9. The van der Waals surface area contributed by atoms with Gasteiger partial charge in [-0.2, -0.15) is 5.10 Å². The third-order valence-corrected chi connectivity index (χ3v) is 3.75. The molecule has 0 saturated carbocycles. The van der Waals surface area contributed by atoms with Gasteiger partial charge in [-0.3, -0.25) is 9.48 Å². The Balaban J connectivity index is 1.76. The largest absolute Gasteiger partial charge is 0.323 e. The highest BCUT2D eigenvalue weighted by Gasteiger charge is 2.15. The van der Waals surface area contributed by atoms with E-state index in [2.05, 4.69) is 15.7 Å². The summed E-state index contributed by atoms with van der Waals surface area (Å²) < 4.78 is 1.77. The van der Waals surface area contributed by atoms with Crippen molar-refractivity contribution in [1.82, 2.24) is 15.1 Å². The van der Waals surface area contributed by atoms with Gasteiger partial charge in [0.2, 0.25) is 5.91 Å². The molecular weight excluding hydrogens is 228 g/mol. The SMILES string of the molecule is Cc1c(NC(=O)CCC2CCNCC2)cnn1C. The molecule has 0 radical (unpaired) electrons. The van der Waals surface area contributed by atoms with Crippen LogP contribution in [0.2, 0.25) is 0 Å². The number of carbonyl (C=O) groups is 1. The summed E-state index contributed by atoms with van der Waals surface area (Å²) in [7, 11) is 1.88. The van der Waals surface area contributed by atoms with Crippen LogP contribution in [0.5, 0.6) is 0 Å². The number of rotatable bonds is 4. The molecule has 1 aromatic heterocycles. The van der Waals surface area contributed by atoms with Crippen LogP contribution in [0.3, 0.4) is 0 Å². The van der Waals surface area contributed by atoms with E-state index < -0.39 is 0 Å². The predicted molar refractivity (Wildman–Crippen MR) is 71.4 cm³/mol. The first-order valence-corrected chi connectivity index (χ1v) is 6.66. The average Bonchev–Trinajstić information content (AvgIpc) is 2.70. The topological polar surface area (TPSA) is 59.0 Å². The highest BCUT2D eigenvalue weighted by Crippen LogP contribution is 2.19. The lowest BCUT2D eigenvalue weighted by molar-refractivity contribution is -0.116. The van der Waals surface area contributed by atoms with Gasteiger partial charge in [0, 0.05) is 13.5 Å². The van der Waals surface area contributed by atoms with E-state index in [1.54, 1.807) is 10.9 Å². The Hall–Kier alpha value is -1.36. The molecule has 0 aromatic carbocycles. The minimum atomic E-state index is 0.102. The van der Waals surface area contributed by atoms with Gasteiger partial charge >= 0.3 is 0 Å². The second-order valence-electron chi connectivity index (χ2n) is 5.05. The van der Waals surface area contributed by atoms with Gasteiger partial charge in [-0.25, -0.2) is 0 Å². The molecule has 1 fully saturated rings. The molecule has 1 aliphatic heterocycles. The van der Waals surface area contributed by atoms with Crippen molar-refractivity contribution in [3.63, 3.8) is 0 Å². The number of aryl methyl sites for hydroxylation is 1. The summed E-state index contributed by atoms with van der Waals surface area (Å²) in [6.07, 6.45) is 5.70. The van der Waals surface area contributed by atoms with Crippen molar-refractivity contribution >= 4 is 11.6 Å². The Bertz CT molecular complexity index is 407. The molecule has 5 heteroatoms. The van der Waals surface area contributed by atoms with Gasteiger partial charge in [-0.1, -0.05) is 0 Å². The minimum absolute atomic E-state index is 0.102. The van der Waals surface area contributed by atoms with Crippen molar-refractivity contribution in [3.05, 3.63) is 11.9 Å². The van der Waals surface area contributed by atoms with Crippen molar-refractivity contribution in [1.29, 1.82) is 0 Å². The number of nitrogens with one attached hydrogen (secondary N) is 2. The Morgan fingerprint density at radius 1 is 1.56 bits per heavy atom. The summed E-state index contributed by atoms with van der Waals surface area (Å²) in [5, 5.41) is 10.4. The van der Waals surface area contributed by atoms with E-state index in [9.17, 15) is 4.79 Å². The quantitative estimate of drug-likeness (QED) is 0.850. The summed E-state index contributed by atoms with van der Waals surface area (Å²) in [5.74, 6) is 0.802. The molecule has 18 heavy (non-hydrogen) atoms. The number of amides is 1. The van der Waals surface area contributed by atoms with Crippen molar-refractivity contribution in [3.8, 4) is 0 Å². The zero-order valence-electron chi connectivity index (χ0n) is 11.2. The van der Waals surface area contributed by atoms with Crippen LogP contribution in [0.4, 0.5) is 5.69 Å². The van der Waals surface area contributed by atoms with E-state index >= 15 is 0 Å². The van der Waals surface area contributed by atoms with E-state index in [1.165, 1.54) is 12.8 Å². The molecular formula is C13H22N4O. The van der Waals surface area contributed by atoms with E-state index in [4.69, 9.17) is 0 Å². The van der Waals surface area contributed by atoms with Gasteiger partial charge in [0.25, 0.3) is 0 Å². The molecule has 2 rings (SSSR count). The lowest BCUT2D eigenvalue weighted by Crippen LogP contribution is -2.28. The fourth-order valence-corrected chi connectivity index (χ4v) is 2.34. The number of hydrogen-bond donors (Lipinski definition) is 2. The maximum atomic E-state index is 11.9. The molecule has 2 heterocycles. The number of carbonyl (C=O) groups excluding carboxylic acids is 1. The number of aromatic nitrogens is 2. The second-order valence-corrected chi connectivity index (χ2v) is 5.05. The van der Waals surface area contributed by atoms with Crippen LogP contribution in [0, 0.1) is 12.8 Å². The zero-order chi connectivity index (χ0) is 13.0. The molecule has 1 amide bonds. The lowest BCUT2D eigenvalue weighted by atomic mass is 9.93. The van der Waals surface area contributed by atoms with Crippen molar-refractivity contribution < 1.29 is 4.79 Å². The molecule has 0 bridgehead atoms. The predicted octanol–water partition coefficient (Wildman–Crippen LogP) is 1.45. The van der Waals surface area contributed by atoms with Gasteiger partial charge < -0.3 is 10.6 Å². The highest BCUT2D eigenvalue weighted by atomic mass is 16.1. The summed E-state index contributed by atoms with van der Waals surface area (Å²) >= 11 is 0.